The van der Waals surface area contributed by atoms with Crippen molar-refractivity contribution in [3.05, 3.63) is 35.4 Å². The standard InChI is InChI=1S/C14H21NO2/c1-4-12-5-7-13(8-6-12)9-15(11(2)3)10-14(16)17/h5-8,11H,4,9-10H2,1-3H3,(H,16,17). The Kier molecular flexibility index (Phi) is 5.16. The molecule has 3 heteroatoms. The van der Waals surface area contributed by atoms with Gasteiger partial charge in [-0.1, -0.05) is 31.2 Å². The lowest BCUT2D eigenvalue weighted by molar-refractivity contribution is -0.138. The van der Waals surface area contributed by atoms with Crippen molar-refractivity contribution < 1.29 is 9.90 Å². The van der Waals surface area contributed by atoms with Gasteiger partial charge in [0.2, 0.25) is 0 Å². The largest absolute Gasteiger partial charge is 0.480 e. The minimum absolute atomic E-state index is 0.0905. The van der Waals surface area contributed by atoms with Gasteiger partial charge in [0.05, 0.1) is 6.54 Å². The number of aliphatic carboxylic acids is 1. The van der Waals surface area contributed by atoms with Crippen LogP contribution in [0.2, 0.25) is 0 Å². The van der Waals surface area contributed by atoms with Gasteiger partial charge in [0, 0.05) is 12.6 Å². The van der Waals surface area contributed by atoms with Gasteiger partial charge in [-0.25, -0.2) is 0 Å². The van der Waals surface area contributed by atoms with Crippen LogP contribution in [0.1, 0.15) is 31.9 Å². The number of carbonyl (C=O) groups is 1. The molecule has 0 atom stereocenters. The molecule has 3 nitrogen and oxygen atoms in total. The smallest absolute Gasteiger partial charge is 0.317 e. The summed E-state index contributed by atoms with van der Waals surface area (Å²) in [7, 11) is 0. The predicted octanol–water partition coefficient (Wildman–Crippen LogP) is 2.54. The Bertz CT molecular complexity index is 357. The van der Waals surface area contributed by atoms with E-state index in [0.29, 0.717) is 6.54 Å². The molecule has 0 aliphatic rings. The van der Waals surface area contributed by atoms with Crippen LogP contribution < -0.4 is 0 Å². The minimum atomic E-state index is -0.774. The summed E-state index contributed by atoms with van der Waals surface area (Å²) in [4.78, 5) is 12.7. The van der Waals surface area contributed by atoms with Gasteiger partial charge >= 0.3 is 5.97 Å². The van der Waals surface area contributed by atoms with Crippen molar-refractivity contribution >= 4 is 5.97 Å². The third-order valence-electron chi connectivity index (χ3n) is 2.89. The molecule has 0 aliphatic carbocycles. The number of aryl methyl sites for hydroxylation is 1. The van der Waals surface area contributed by atoms with Gasteiger partial charge in [0.15, 0.2) is 0 Å². The maximum atomic E-state index is 10.8. The lowest BCUT2D eigenvalue weighted by Gasteiger charge is -2.24. The lowest BCUT2D eigenvalue weighted by atomic mass is 10.1. The summed E-state index contributed by atoms with van der Waals surface area (Å²) in [5.74, 6) is -0.774. The van der Waals surface area contributed by atoms with Gasteiger partial charge in [0.1, 0.15) is 0 Å². The molecule has 0 aliphatic heterocycles. The average molecular weight is 235 g/mol. The van der Waals surface area contributed by atoms with Crippen LogP contribution in [-0.4, -0.2) is 28.6 Å². The molecule has 1 aromatic rings. The van der Waals surface area contributed by atoms with Gasteiger partial charge < -0.3 is 5.11 Å². The van der Waals surface area contributed by atoms with Crippen LogP contribution in [0.25, 0.3) is 0 Å². The summed E-state index contributed by atoms with van der Waals surface area (Å²) in [6, 6.07) is 8.60. The maximum Gasteiger partial charge on any atom is 0.317 e. The number of benzene rings is 1. The van der Waals surface area contributed by atoms with E-state index in [0.717, 1.165) is 12.0 Å². The molecule has 94 valence electrons. The van der Waals surface area contributed by atoms with Crippen LogP contribution in [0.15, 0.2) is 24.3 Å². The molecule has 0 fully saturated rings. The van der Waals surface area contributed by atoms with Crippen molar-refractivity contribution in [1.29, 1.82) is 0 Å². The molecule has 0 spiro atoms. The van der Waals surface area contributed by atoms with E-state index < -0.39 is 5.97 Å². The number of hydrogen-bond donors (Lipinski definition) is 1. The van der Waals surface area contributed by atoms with Crippen molar-refractivity contribution in [3.8, 4) is 0 Å². The molecule has 1 aromatic carbocycles. The van der Waals surface area contributed by atoms with Gasteiger partial charge in [-0.05, 0) is 31.4 Å². The van der Waals surface area contributed by atoms with Crippen LogP contribution in [0.3, 0.4) is 0 Å². The van der Waals surface area contributed by atoms with Crippen molar-refractivity contribution in [1.82, 2.24) is 4.90 Å². The summed E-state index contributed by atoms with van der Waals surface area (Å²) in [5, 5.41) is 8.85. The Labute approximate surface area is 103 Å². The molecule has 1 N–H and O–H groups in total. The molecule has 0 bridgehead atoms. The first-order valence-electron chi connectivity index (χ1n) is 6.06. The van der Waals surface area contributed by atoms with Crippen molar-refractivity contribution in [2.24, 2.45) is 0 Å². The van der Waals surface area contributed by atoms with E-state index >= 15 is 0 Å². The molecule has 0 unspecified atom stereocenters. The molecule has 17 heavy (non-hydrogen) atoms. The van der Waals surface area contributed by atoms with E-state index in [-0.39, 0.29) is 12.6 Å². The Morgan fingerprint density at radius 3 is 2.18 bits per heavy atom. The molecule has 0 saturated carbocycles. The quantitative estimate of drug-likeness (QED) is 0.823. The molecular weight excluding hydrogens is 214 g/mol. The Morgan fingerprint density at radius 1 is 1.24 bits per heavy atom. The van der Waals surface area contributed by atoms with E-state index in [9.17, 15) is 4.79 Å². The topological polar surface area (TPSA) is 40.5 Å². The summed E-state index contributed by atoms with van der Waals surface area (Å²) < 4.78 is 0. The zero-order valence-electron chi connectivity index (χ0n) is 10.8. The van der Waals surface area contributed by atoms with Crippen molar-refractivity contribution in [2.75, 3.05) is 6.54 Å². The van der Waals surface area contributed by atoms with Crippen molar-refractivity contribution in [2.45, 2.75) is 39.8 Å². The molecule has 0 heterocycles. The molecule has 0 saturated heterocycles. The predicted molar refractivity (Wildman–Crippen MR) is 69.0 cm³/mol. The fourth-order valence-corrected chi connectivity index (χ4v) is 1.71. The van der Waals surface area contributed by atoms with E-state index in [1.54, 1.807) is 0 Å². The van der Waals surface area contributed by atoms with Crippen LogP contribution in [0.5, 0.6) is 0 Å². The third-order valence-corrected chi connectivity index (χ3v) is 2.89. The van der Waals surface area contributed by atoms with Gasteiger partial charge in [-0.15, -0.1) is 0 Å². The highest BCUT2D eigenvalue weighted by Gasteiger charge is 2.13. The van der Waals surface area contributed by atoms with E-state index in [1.807, 2.05) is 18.7 Å². The summed E-state index contributed by atoms with van der Waals surface area (Å²) in [6.45, 7) is 6.94. The summed E-state index contributed by atoms with van der Waals surface area (Å²) in [6.07, 6.45) is 1.03. The van der Waals surface area contributed by atoms with Gasteiger partial charge in [-0.2, -0.15) is 0 Å². The Morgan fingerprint density at radius 2 is 1.76 bits per heavy atom. The fourth-order valence-electron chi connectivity index (χ4n) is 1.71. The molecular formula is C14H21NO2. The fraction of sp³-hybridized carbons (Fsp3) is 0.500. The van der Waals surface area contributed by atoms with Crippen LogP contribution >= 0.6 is 0 Å². The number of carboxylic acids is 1. The number of rotatable bonds is 6. The Hall–Kier alpha value is -1.35. The molecule has 0 aromatic heterocycles. The lowest BCUT2D eigenvalue weighted by Crippen LogP contribution is -2.35. The van der Waals surface area contributed by atoms with Crippen LogP contribution in [0.4, 0.5) is 0 Å². The zero-order valence-corrected chi connectivity index (χ0v) is 10.8. The SMILES string of the molecule is CCc1ccc(CN(CC(=O)O)C(C)C)cc1. The van der Waals surface area contributed by atoms with Gasteiger partial charge in [0.25, 0.3) is 0 Å². The first-order chi connectivity index (χ1) is 8.02. The van der Waals surface area contributed by atoms with E-state index in [2.05, 4.69) is 31.2 Å². The molecule has 1 rings (SSSR count). The second-order valence-corrected chi connectivity index (χ2v) is 4.56. The first-order valence-corrected chi connectivity index (χ1v) is 6.06. The summed E-state index contributed by atoms with van der Waals surface area (Å²) in [5.41, 5.74) is 2.47. The second kappa shape index (κ2) is 6.40. The Balaban J connectivity index is 2.68. The van der Waals surface area contributed by atoms with Crippen molar-refractivity contribution in [3.63, 3.8) is 0 Å². The van der Waals surface area contributed by atoms with Gasteiger partial charge in [-0.3, -0.25) is 9.69 Å². The number of carboxylic acid groups (broad SMARTS) is 1. The monoisotopic (exact) mass is 235 g/mol. The number of hydrogen-bond acceptors (Lipinski definition) is 2. The maximum absolute atomic E-state index is 10.8. The highest BCUT2D eigenvalue weighted by molar-refractivity contribution is 5.69. The number of nitrogens with zero attached hydrogens (tertiary/aromatic N) is 1. The third kappa shape index (κ3) is 4.57. The summed E-state index contributed by atoms with van der Waals surface area (Å²) >= 11 is 0. The highest BCUT2D eigenvalue weighted by atomic mass is 16.4. The van der Waals surface area contributed by atoms with E-state index in [4.69, 9.17) is 5.11 Å². The minimum Gasteiger partial charge on any atom is -0.480 e. The first kappa shape index (κ1) is 13.7. The van der Waals surface area contributed by atoms with E-state index in [1.165, 1.54) is 5.56 Å². The van der Waals surface area contributed by atoms with Crippen LogP contribution in [0, 0.1) is 0 Å². The van der Waals surface area contributed by atoms with Crippen LogP contribution in [-0.2, 0) is 17.8 Å². The zero-order chi connectivity index (χ0) is 12.8. The second-order valence-electron chi connectivity index (χ2n) is 4.56. The highest BCUT2D eigenvalue weighted by Crippen LogP contribution is 2.10. The molecule has 0 radical (unpaired) electrons. The average Bonchev–Trinajstić information content (AvgIpc) is 2.28. The normalized spacial score (nSPS) is 11.1. The molecule has 0 amide bonds.